The van der Waals surface area contributed by atoms with E-state index in [9.17, 15) is 14.7 Å². The normalized spacial score (nSPS) is 17.1. The Hall–Kier alpha value is -2.63. The van der Waals surface area contributed by atoms with E-state index in [1.807, 2.05) is 6.92 Å². The number of fused-ring (bicyclic) bond motifs is 1. The summed E-state index contributed by atoms with van der Waals surface area (Å²) < 4.78 is 1.79. The number of rotatable bonds is 8. The summed E-state index contributed by atoms with van der Waals surface area (Å²) in [6, 6.07) is 8.62. The first-order valence-electron chi connectivity index (χ1n) is 11.1. The predicted molar refractivity (Wildman–Crippen MR) is 118 cm³/mol. The molecule has 1 aromatic carbocycles. The zero-order valence-corrected chi connectivity index (χ0v) is 18.5. The van der Waals surface area contributed by atoms with Gasteiger partial charge < -0.3 is 14.6 Å². The van der Waals surface area contributed by atoms with Crippen molar-refractivity contribution in [3.63, 3.8) is 0 Å². The highest BCUT2D eigenvalue weighted by molar-refractivity contribution is 5.95. The molecule has 0 radical (unpaired) electrons. The number of carbonyl (C=O) groups excluding carboxylic acids is 1. The Morgan fingerprint density at radius 3 is 2.67 bits per heavy atom. The fourth-order valence-electron chi connectivity index (χ4n) is 4.35. The van der Waals surface area contributed by atoms with E-state index < -0.39 is 11.3 Å². The van der Waals surface area contributed by atoms with E-state index in [2.05, 4.69) is 43.1 Å². The number of likely N-dealkylation sites (N-methyl/N-ethyl adjacent to an activating group) is 1. The van der Waals surface area contributed by atoms with Crippen molar-refractivity contribution in [2.75, 3.05) is 7.05 Å². The van der Waals surface area contributed by atoms with Crippen LogP contribution in [0.25, 0.3) is 0 Å². The van der Waals surface area contributed by atoms with E-state index in [-0.39, 0.29) is 23.6 Å². The molecular formula is C24H33N3O3. The van der Waals surface area contributed by atoms with Gasteiger partial charge in [0.25, 0.3) is 5.91 Å². The molecule has 0 aliphatic carbocycles. The van der Waals surface area contributed by atoms with Gasteiger partial charge in [0, 0.05) is 26.1 Å². The smallest absolute Gasteiger partial charge is 0.315 e. The van der Waals surface area contributed by atoms with E-state index >= 15 is 0 Å². The third-order valence-corrected chi connectivity index (χ3v) is 6.34. The van der Waals surface area contributed by atoms with E-state index in [1.54, 1.807) is 16.5 Å². The Balaban J connectivity index is 2.06. The summed E-state index contributed by atoms with van der Waals surface area (Å²) in [7, 11) is 1.73. The summed E-state index contributed by atoms with van der Waals surface area (Å²) in [5.41, 5.74) is 1.89. The van der Waals surface area contributed by atoms with Crippen molar-refractivity contribution in [3.05, 3.63) is 57.3 Å². The van der Waals surface area contributed by atoms with Crippen molar-refractivity contribution in [2.45, 2.75) is 77.8 Å². The van der Waals surface area contributed by atoms with Gasteiger partial charge in [-0.1, -0.05) is 57.9 Å². The molecule has 1 N–H and O–H groups in total. The molecule has 0 saturated carbocycles. The Labute approximate surface area is 178 Å². The van der Waals surface area contributed by atoms with Gasteiger partial charge in [0.1, 0.15) is 5.82 Å². The lowest BCUT2D eigenvalue weighted by Crippen LogP contribution is -2.47. The average molecular weight is 412 g/mol. The molecule has 2 unspecified atom stereocenters. The van der Waals surface area contributed by atoms with Gasteiger partial charge >= 0.3 is 5.56 Å². The summed E-state index contributed by atoms with van der Waals surface area (Å²) in [6.07, 6.45) is 5.50. The monoisotopic (exact) mass is 411 g/mol. The Morgan fingerprint density at radius 1 is 1.23 bits per heavy atom. The maximum Gasteiger partial charge on any atom is 0.315 e. The van der Waals surface area contributed by atoms with Crippen molar-refractivity contribution in [2.24, 2.45) is 0 Å². The first-order valence-corrected chi connectivity index (χ1v) is 11.1. The maximum atomic E-state index is 12.9. The van der Waals surface area contributed by atoms with E-state index in [0.29, 0.717) is 18.8 Å². The summed E-state index contributed by atoms with van der Waals surface area (Å²) in [5, 5.41) is 10.3. The number of aromatic nitrogens is 2. The van der Waals surface area contributed by atoms with Crippen molar-refractivity contribution in [1.29, 1.82) is 0 Å². The molecule has 3 rings (SSSR count). The molecule has 162 valence electrons. The van der Waals surface area contributed by atoms with E-state index in [1.165, 1.54) is 11.1 Å². The molecule has 30 heavy (non-hydrogen) atoms. The molecule has 1 aromatic heterocycles. The largest absolute Gasteiger partial charge is 0.501 e. The SMILES string of the molecule is CCCCC(Cc1nc(=O)c(O)c2n1CC(CC)N(C)C2=O)c1cccc(CC)c1. The fraction of sp³-hybridized carbons (Fsp3) is 0.542. The standard InChI is InChI=1S/C24H33N3O3/c1-5-8-11-18(17-12-9-10-16(6-2)13-17)14-20-25-23(29)22(28)21-24(30)26(4)19(7-3)15-27(20)21/h9-10,12-13,18-19,28H,5-8,11,14-15H2,1-4H3. The zero-order valence-electron chi connectivity index (χ0n) is 18.5. The molecule has 0 spiro atoms. The fourth-order valence-corrected chi connectivity index (χ4v) is 4.35. The number of amides is 1. The van der Waals surface area contributed by atoms with Gasteiger partial charge in [-0.25, -0.2) is 0 Å². The predicted octanol–water partition coefficient (Wildman–Crippen LogP) is 3.89. The summed E-state index contributed by atoms with van der Waals surface area (Å²) in [5.74, 6) is -0.0530. The lowest BCUT2D eigenvalue weighted by molar-refractivity contribution is 0.0637. The highest BCUT2D eigenvalue weighted by Crippen LogP contribution is 2.30. The van der Waals surface area contributed by atoms with Gasteiger partial charge in [-0.05, 0) is 36.3 Å². The van der Waals surface area contributed by atoms with Crippen LogP contribution in [0.4, 0.5) is 0 Å². The van der Waals surface area contributed by atoms with Crippen LogP contribution in [0.2, 0.25) is 0 Å². The van der Waals surface area contributed by atoms with Gasteiger partial charge in [-0.2, -0.15) is 4.98 Å². The molecule has 2 heterocycles. The Morgan fingerprint density at radius 2 is 2.00 bits per heavy atom. The molecule has 1 aliphatic rings. The number of aromatic hydroxyl groups is 1. The Kier molecular flexibility index (Phi) is 6.95. The van der Waals surface area contributed by atoms with Gasteiger partial charge in [0.15, 0.2) is 5.69 Å². The third kappa shape index (κ3) is 4.27. The topological polar surface area (TPSA) is 75.4 Å². The van der Waals surface area contributed by atoms with Crippen LogP contribution < -0.4 is 5.56 Å². The van der Waals surface area contributed by atoms with Crippen molar-refractivity contribution in [3.8, 4) is 5.75 Å². The molecule has 0 bridgehead atoms. The van der Waals surface area contributed by atoms with E-state index in [4.69, 9.17) is 0 Å². The number of nitrogens with zero attached hydrogens (tertiary/aromatic N) is 3. The second-order valence-electron chi connectivity index (χ2n) is 8.26. The summed E-state index contributed by atoms with van der Waals surface area (Å²) in [6.45, 7) is 6.89. The lowest BCUT2D eigenvalue weighted by Gasteiger charge is -2.36. The van der Waals surface area contributed by atoms with Gasteiger partial charge in [-0.3, -0.25) is 9.59 Å². The van der Waals surface area contributed by atoms with Gasteiger partial charge in [-0.15, -0.1) is 0 Å². The van der Waals surface area contributed by atoms with Crippen molar-refractivity contribution >= 4 is 5.91 Å². The lowest BCUT2D eigenvalue weighted by atomic mass is 9.89. The highest BCUT2D eigenvalue weighted by Gasteiger charge is 2.34. The van der Waals surface area contributed by atoms with Crippen LogP contribution in [0.1, 0.15) is 79.8 Å². The second-order valence-corrected chi connectivity index (χ2v) is 8.26. The number of unbranched alkanes of at least 4 members (excludes halogenated alkanes) is 1. The zero-order chi connectivity index (χ0) is 21.8. The second kappa shape index (κ2) is 9.45. The molecule has 1 aliphatic heterocycles. The minimum absolute atomic E-state index is 0.0185. The quantitative estimate of drug-likeness (QED) is 0.715. The van der Waals surface area contributed by atoms with Crippen molar-refractivity contribution < 1.29 is 9.90 Å². The maximum absolute atomic E-state index is 12.9. The molecule has 2 aromatic rings. The first kappa shape index (κ1) is 22.1. The van der Waals surface area contributed by atoms with Gasteiger partial charge in [0.2, 0.25) is 5.75 Å². The molecule has 1 amide bonds. The van der Waals surface area contributed by atoms with Crippen LogP contribution >= 0.6 is 0 Å². The average Bonchev–Trinajstić information content (AvgIpc) is 2.76. The molecule has 0 saturated heterocycles. The van der Waals surface area contributed by atoms with Crippen LogP contribution in [0.5, 0.6) is 5.75 Å². The number of benzene rings is 1. The number of hydrogen-bond donors (Lipinski definition) is 1. The Bertz CT molecular complexity index is 967. The third-order valence-electron chi connectivity index (χ3n) is 6.34. The summed E-state index contributed by atoms with van der Waals surface area (Å²) in [4.78, 5) is 31.1. The molecular weight excluding hydrogens is 378 g/mol. The minimum atomic E-state index is -0.718. The van der Waals surface area contributed by atoms with Crippen molar-refractivity contribution in [1.82, 2.24) is 14.5 Å². The van der Waals surface area contributed by atoms with Crippen LogP contribution in [-0.2, 0) is 19.4 Å². The molecule has 6 heteroatoms. The molecule has 6 nitrogen and oxygen atoms in total. The minimum Gasteiger partial charge on any atom is -0.501 e. The summed E-state index contributed by atoms with van der Waals surface area (Å²) >= 11 is 0. The number of hydrogen-bond acceptors (Lipinski definition) is 4. The van der Waals surface area contributed by atoms with Crippen LogP contribution in [0, 0.1) is 0 Å². The number of carbonyl (C=O) groups is 1. The first-order chi connectivity index (χ1) is 14.4. The van der Waals surface area contributed by atoms with Gasteiger partial charge in [0.05, 0.1) is 0 Å². The molecule has 0 fully saturated rings. The van der Waals surface area contributed by atoms with Crippen LogP contribution in [-0.4, -0.2) is 38.6 Å². The molecule has 2 atom stereocenters. The highest BCUT2D eigenvalue weighted by atomic mass is 16.3. The number of aryl methyl sites for hydroxylation is 1. The van der Waals surface area contributed by atoms with E-state index in [0.717, 1.165) is 32.1 Å². The van der Waals surface area contributed by atoms with Crippen LogP contribution in [0.15, 0.2) is 29.1 Å². The van der Waals surface area contributed by atoms with Crippen LogP contribution in [0.3, 0.4) is 0 Å².